The highest BCUT2D eigenvalue weighted by Gasteiger charge is 2.35. The summed E-state index contributed by atoms with van der Waals surface area (Å²) in [7, 11) is 1.58. The van der Waals surface area contributed by atoms with Gasteiger partial charge in [0.1, 0.15) is 5.75 Å². The van der Waals surface area contributed by atoms with Gasteiger partial charge in [-0.1, -0.05) is 29.3 Å². The van der Waals surface area contributed by atoms with E-state index in [-0.39, 0.29) is 18.2 Å². The second kappa shape index (κ2) is 8.41. The molecule has 0 unspecified atom stereocenters. The van der Waals surface area contributed by atoms with Gasteiger partial charge in [-0.3, -0.25) is 9.59 Å². The minimum Gasteiger partial charge on any atom is -0.497 e. The molecule has 140 valence electrons. The topological polar surface area (TPSA) is 71.0 Å². The third-order valence-corrected chi connectivity index (χ3v) is 4.95. The van der Waals surface area contributed by atoms with E-state index < -0.39 is 5.92 Å². The van der Waals surface area contributed by atoms with Gasteiger partial charge >= 0.3 is 0 Å². The third kappa shape index (κ3) is 4.59. The Balaban J connectivity index is 1.59. The number of methoxy groups -OCH3 is 1. The average Bonchev–Trinajstić information content (AvgIpc) is 3.06. The number of amides is 2. The van der Waals surface area contributed by atoms with E-state index in [0.29, 0.717) is 27.9 Å². The number of nitrogens with zero attached hydrogens (tertiary/aromatic N) is 2. The van der Waals surface area contributed by atoms with E-state index >= 15 is 0 Å². The van der Waals surface area contributed by atoms with Crippen molar-refractivity contribution in [3.63, 3.8) is 0 Å². The van der Waals surface area contributed by atoms with Crippen molar-refractivity contribution in [2.45, 2.75) is 6.42 Å². The number of nitrogens with one attached hydrogen (secondary N) is 1. The molecule has 0 aromatic heterocycles. The summed E-state index contributed by atoms with van der Waals surface area (Å²) in [5.41, 5.74) is 3.91. The van der Waals surface area contributed by atoms with E-state index in [1.54, 1.807) is 54.5 Å². The molecule has 27 heavy (non-hydrogen) atoms. The summed E-state index contributed by atoms with van der Waals surface area (Å²) in [5, 5.41) is 4.78. The highest BCUT2D eigenvalue weighted by atomic mass is 35.5. The molecule has 1 aliphatic rings. The van der Waals surface area contributed by atoms with Gasteiger partial charge in [-0.05, 0) is 42.0 Å². The molecule has 2 aromatic carbocycles. The van der Waals surface area contributed by atoms with Crippen LogP contribution in [0.2, 0.25) is 10.0 Å². The predicted molar refractivity (Wildman–Crippen MR) is 106 cm³/mol. The number of hydrogen-bond donors (Lipinski definition) is 1. The fourth-order valence-electron chi connectivity index (χ4n) is 2.75. The molecule has 6 nitrogen and oxygen atoms in total. The Hall–Kier alpha value is -2.57. The summed E-state index contributed by atoms with van der Waals surface area (Å²) in [6.45, 7) is 0.305. The van der Waals surface area contributed by atoms with Crippen LogP contribution in [0.15, 0.2) is 47.6 Å². The zero-order chi connectivity index (χ0) is 19.4. The van der Waals surface area contributed by atoms with Crippen LogP contribution in [0.25, 0.3) is 0 Å². The summed E-state index contributed by atoms with van der Waals surface area (Å²) in [4.78, 5) is 26.2. The Bertz CT molecular complexity index is 884. The second-order valence-corrected chi connectivity index (χ2v) is 6.83. The number of hydrogen-bond acceptors (Lipinski definition) is 4. The van der Waals surface area contributed by atoms with E-state index in [4.69, 9.17) is 27.9 Å². The SMILES string of the molecule is COc1ccc(N2C[C@@H](C(=O)N/N=C/c3ccc(Cl)c(Cl)c3)CC2=O)cc1. The van der Waals surface area contributed by atoms with Gasteiger partial charge in [-0.25, -0.2) is 5.43 Å². The molecule has 1 N–H and O–H groups in total. The van der Waals surface area contributed by atoms with Crippen molar-refractivity contribution in [2.24, 2.45) is 11.0 Å². The van der Waals surface area contributed by atoms with Crippen LogP contribution in [0, 0.1) is 5.92 Å². The third-order valence-electron chi connectivity index (χ3n) is 4.21. The lowest BCUT2D eigenvalue weighted by Gasteiger charge is -2.16. The van der Waals surface area contributed by atoms with Crippen molar-refractivity contribution in [3.05, 3.63) is 58.1 Å². The maximum atomic E-state index is 12.3. The second-order valence-electron chi connectivity index (χ2n) is 6.01. The first kappa shape index (κ1) is 19.2. The molecule has 0 aliphatic carbocycles. The zero-order valence-corrected chi connectivity index (χ0v) is 16.0. The quantitative estimate of drug-likeness (QED) is 0.610. The number of ether oxygens (including phenoxy) is 1. The van der Waals surface area contributed by atoms with Gasteiger partial charge in [0.2, 0.25) is 11.8 Å². The molecular weight excluding hydrogens is 389 g/mol. The Labute approximate surface area is 166 Å². The molecule has 1 saturated heterocycles. The van der Waals surface area contributed by atoms with Crippen LogP contribution < -0.4 is 15.1 Å². The first-order valence-electron chi connectivity index (χ1n) is 8.20. The number of rotatable bonds is 5. The summed E-state index contributed by atoms with van der Waals surface area (Å²) in [6.07, 6.45) is 1.61. The Morgan fingerprint density at radius 2 is 1.96 bits per heavy atom. The summed E-state index contributed by atoms with van der Waals surface area (Å²) >= 11 is 11.8. The van der Waals surface area contributed by atoms with Gasteiger partial charge in [-0.15, -0.1) is 0 Å². The molecule has 1 heterocycles. The fraction of sp³-hybridized carbons (Fsp3) is 0.211. The van der Waals surface area contributed by atoms with Crippen LogP contribution >= 0.6 is 23.2 Å². The van der Waals surface area contributed by atoms with Crippen molar-refractivity contribution in [1.29, 1.82) is 0 Å². The minimum absolute atomic E-state index is 0.103. The first-order valence-corrected chi connectivity index (χ1v) is 8.96. The summed E-state index contributed by atoms with van der Waals surface area (Å²) in [6, 6.07) is 12.2. The van der Waals surface area contributed by atoms with Crippen LogP contribution in [0.1, 0.15) is 12.0 Å². The normalized spacial score (nSPS) is 16.8. The molecule has 0 radical (unpaired) electrons. The lowest BCUT2D eigenvalue weighted by atomic mass is 10.1. The van der Waals surface area contributed by atoms with E-state index in [1.165, 1.54) is 6.21 Å². The van der Waals surface area contributed by atoms with E-state index in [0.717, 1.165) is 5.69 Å². The number of halogens is 2. The summed E-state index contributed by atoms with van der Waals surface area (Å²) in [5.74, 6) is -0.175. The molecule has 2 amide bonds. The maximum Gasteiger partial charge on any atom is 0.245 e. The minimum atomic E-state index is -0.467. The van der Waals surface area contributed by atoms with E-state index in [1.807, 2.05) is 0 Å². The van der Waals surface area contributed by atoms with E-state index in [2.05, 4.69) is 10.5 Å². The Morgan fingerprint density at radius 1 is 1.22 bits per heavy atom. The van der Waals surface area contributed by atoms with Gasteiger partial charge in [0, 0.05) is 18.7 Å². The molecule has 0 saturated carbocycles. The van der Waals surface area contributed by atoms with Gasteiger partial charge in [0.05, 0.1) is 29.3 Å². The van der Waals surface area contributed by atoms with Crippen molar-refractivity contribution < 1.29 is 14.3 Å². The highest BCUT2D eigenvalue weighted by molar-refractivity contribution is 6.42. The Kier molecular flexibility index (Phi) is 5.98. The maximum absolute atomic E-state index is 12.3. The lowest BCUT2D eigenvalue weighted by molar-refractivity contribution is -0.126. The van der Waals surface area contributed by atoms with Crippen LogP contribution in [0.4, 0.5) is 5.69 Å². The smallest absolute Gasteiger partial charge is 0.245 e. The zero-order valence-electron chi connectivity index (χ0n) is 14.5. The number of carbonyl (C=O) groups excluding carboxylic acids is 2. The molecule has 1 fully saturated rings. The molecule has 0 spiro atoms. The average molecular weight is 406 g/mol. The van der Waals surface area contributed by atoms with Gasteiger partial charge in [-0.2, -0.15) is 5.10 Å². The molecule has 3 rings (SSSR count). The van der Waals surface area contributed by atoms with Gasteiger partial charge in [0.15, 0.2) is 0 Å². The van der Waals surface area contributed by atoms with Gasteiger partial charge in [0.25, 0.3) is 0 Å². The largest absolute Gasteiger partial charge is 0.497 e. The number of hydrazone groups is 1. The number of carbonyl (C=O) groups is 2. The summed E-state index contributed by atoms with van der Waals surface area (Å²) < 4.78 is 5.11. The predicted octanol–water partition coefficient (Wildman–Crippen LogP) is 3.51. The monoisotopic (exact) mass is 405 g/mol. The van der Waals surface area contributed by atoms with Crippen molar-refractivity contribution in [3.8, 4) is 5.75 Å². The van der Waals surface area contributed by atoms with E-state index in [9.17, 15) is 9.59 Å². The van der Waals surface area contributed by atoms with Gasteiger partial charge < -0.3 is 9.64 Å². The Morgan fingerprint density at radius 3 is 2.63 bits per heavy atom. The fourth-order valence-corrected chi connectivity index (χ4v) is 3.06. The van der Waals surface area contributed by atoms with Crippen LogP contribution in [-0.4, -0.2) is 31.7 Å². The molecule has 1 atom stereocenters. The van der Waals surface area contributed by atoms with Crippen molar-refractivity contribution in [2.75, 3.05) is 18.6 Å². The van der Waals surface area contributed by atoms with Crippen molar-refractivity contribution in [1.82, 2.24) is 5.43 Å². The van der Waals surface area contributed by atoms with Crippen LogP contribution in [-0.2, 0) is 9.59 Å². The van der Waals surface area contributed by atoms with Crippen LogP contribution in [0.5, 0.6) is 5.75 Å². The van der Waals surface area contributed by atoms with Crippen molar-refractivity contribution >= 4 is 46.9 Å². The van der Waals surface area contributed by atoms with Crippen LogP contribution in [0.3, 0.4) is 0 Å². The molecule has 0 bridgehead atoms. The molecule has 2 aromatic rings. The molecule has 8 heteroatoms. The lowest BCUT2D eigenvalue weighted by Crippen LogP contribution is -2.30. The highest BCUT2D eigenvalue weighted by Crippen LogP contribution is 2.27. The molecular formula is C19H17Cl2N3O3. The first-order chi connectivity index (χ1) is 13.0. The number of anilines is 1. The number of benzene rings is 2. The molecule has 1 aliphatic heterocycles. The standard InChI is InChI=1S/C19H17Cl2N3O3/c1-27-15-5-3-14(4-6-15)24-11-13(9-18(24)25)19(26)23-22-10-12-2-7-16(20)17(21)8-12/h2-8,10,13H,9,11H2,1H3,(H,23,26)/b22-10+/t13-/m0/s1.